The summed E-state index contributed by atoms with van der Waals surface area (Å²) in [6.45, 7) is 2.35. The van der Waals surface area contributed by atoms with Gasteiger partial charge in [-0.25, -0.2) is 4.98 Å². The molecule has 3 aromatic carbocycles. The normalized spacial score (nSPS) is 10.6. The quantitative estimate of drug-likeness (QED) is 0.337. The number of para-hydroxylation sites is 1. The molecule has 1 N–H and O–H groups in total. The minimum absolute atomic E-state index is 0.0975. The average molecular weight is 459 g/mol. The van der Waals surface area contributed by atoms with Crippen LogP contribution in [0.1, 0.15) is 22.6 Å². The number of aryl methyl sites for hydroxylation is 1. The van der Waals surface area contributed by atoms with Gasteiger partial charge in [-0.1, -0.05) is 42.5 Å². The molecule has 0 aliphatic rings. The topological polar surface area (TPSA) is 91.0 Å². The van der Waals surface area contributed by atoms with Crippen molar-refractivity contribution in [2.24, 2.45) is 0 Å². The van der Waals surface area contributed by atoms with Crippen molar-refractivity contribution in [3.63, 3.8) is 0 Å². The second kappa shape index (κ2) is 10.6. The van der Waals surface area contributed by atoms with Gasteiger partial charge in [0.2, 0.25) is 5.89 Å². The number of nitrogens with zero attached hydrogens (tertiary/aromatic N) is 1. The zero-order chi connectivity index (χ0) is 23.9. The third kappa shape index (κ3) is 5.56. The van der Waals surface area contributed by atoms with Crippen molar-refractivity contribution in [3.8, 4) is 28.7 Å². The standard InChI is InChI=1S/C27H25NO6/c1-18-22(28-27(34-18)20-8-4-3-5-9-20)17-33-24-13-12-19(14-25(24)31-2)16-32-23-11-7-6-10-21(23)15-26(29)30/h3-14H,15-17H2,1-2H3,(H,29,30). The van der Waals surface area contributed by atoms with E-state index in [2.05, 4.69) is 4.98 Å². The number of aliphatic carboxylic acids is 1. The second-order valence-electron chi connectivity index (χ2n) is 7.63. The summed E-state index contributed by atoms with van der Waals surface area (Å²) < 4.78 is 23.1. The van der Waals surface area contributed by atoms with Crippen LogP contribution in [0.4, 0.5) is 0 Å². The summed E-state index contributed by atoms with van der Waals surface area (Å²) in [5.74, 6) is 2.02. The van der Waals surface area contributed by atoms with Crippen LogP contribution in [0.15, 0.2) is 77.2 Å². The molecule has 0 aliphatic heterocycles. The highest BCUT2D eigenvalue weighted by atomic mass is 16.5. The van der Waals surface area contributed by atoms with E-state index in [9.17, 15) is 4.79 Å². The van der Waals surface area contributed by atoms with E-state index >= 15 is 0 Å². The summed E-state index contributed by atoms with van der Waals surface area (Å²) in [7, 11) is 1.57. The van der Waals surface area contributed by atoms with Crippen LogP contribution in [-0.4, -0.2) is 23.2 Å². The molecule has 0 fully saturated rings. The second-order valence-corrected chi connectivity index (χ2v) is 7.63. The highest BCUT2D eigenvalue weighted by Gasteiger charge is 2.14. The molecule has 0 atom stereocenters. The molecule has 4 rings (SSSR count). The Labute approximate surface area is 197 Å². The number of hydrogen-bond donors (Lipinski definition) is 1. The fourth-order valence-electron chi connectivity index (χ4n) is 3.45. The van der Waals surface area contributed by atoms with Gasteiger partial charge in [-0.3, -0.25) is 4.79 Å². The van der Waals surface area contributed by atoms with Crippen molar-refractivity contribution < 1.29 is 28.5 Å². The molecular weight excluding hydrogens is 434 g/mol. The van der Waals surface area contributed by atoms with Crippen LogP contribution in [0.5, 0.6) is 17.2 Å². The lowest BCUT2D eigenvalue weighted by atomic mass is 10.1. The Morgan fingerprint density at radius 3 is 2.41 bits per heavy atom. The molecule has 0 spiro atoms. The molecule has 0 amide bonds. The number of hydrogen-bond acceptors (Lipinski definition) is 6. The maximum atomic E-state index is 11.1. The average Bonchev–Trinajstić information content (AvgIpc) is 3.23. The van der Waals surface area contributed by atoms with Gasteiger partial charge < -0.3 is 23.7 Å². The summed E-state index contributed by atoms with van der Waals surface area (Å²) in [6.07, 6.45) is -0.0975. The SMILES string of the molecule is COc1cc(COc2ccccc2CC(=O)O)ccc1OCc1nc(-c2ccccc2)oc1C. The van der Waals surface area contributed by atoms with Crippen molar-refractivity contribution >= 4 is 5.97 Å². The lowest BCUT2D eigenvalue weighted by Gasteiger charge is -2.13. The van der Waals surface area contributed by atoms with Crippen molar-refractivity contribution in [1.29, 1.82) is 0 Å². The van der Waals surface area contributed by atoms with Crippen molar-refractivity contribution in [2.75, 3.05) is 7.11 Å². The Morgan fingerprint density at radius 2 is 1.65 bits per heavy atom. The van der Waals surface area contributed by atoms with Gasteiger partial charge in [0.05, 0.1) is 13.5 Å². The Bertz CT molecular complexity index is 1270. The first kappa shape index (κ1) is 22.9. The predicted octanol–water partition coefficient (Wildman–Crippen LogP) is 5.44. The molecule has 4 aromatic rings. The molecule has 7 nitrogen and oxygen atoms in total. The van der Waals surface area contributed by atoms with Crippen LogP contribution in [0, 0.1) is 6.92 Å². The number of carboxylic acid groups (broad SMARTS) is 1. The Hall–Kier alpha value is -4.26. The molecule has 0 radical (unpaired) electrons. The third-order valence-corrected chi connectivity index (χ3v) is 5.21. The van der Waals surface area contributed by atoms with E-state index in [1.807, 2.05) is 61.5 Å². The zero-order valence-electron chi connectivity index (χ0n) is 19.0. The van der Waals surface area contributed by atoms with Gasteiger partial charge in [-0.15, -0.1) is 0 Å². The number of benzene rings is 3. The van der Waals surface area contributed by atoms with Crippen LogP contribution in [0.2, 0.25) is 0 Å². The monoisotopic (exact) mass is 459 g/mol. The number of ether oxygens (including phenoxy) is 3. The zero-order valence-corrected chi connectivity index (χ0v) is 19.0. The van der Waals surface area contributed by atoms with Crippen LogP contribution < -0.4 is 14.2 Å². The van der Waals surface area contributed by atoms with E-state index in [0.29, 0.717) is 40.2 Å². The molecule has 1 heterocycles. The molecule has 34 heavy (non-hydrogen) atoms. The molecule has 0 unspecified atom stereocenters. The maximum absolute atomic E-state index is 11.1. The van der Waals surface area contributed by atoms with Crippen LogP contribution >= 0.6 is 0 Å². The van der Waals surface area contributed by atoms with Gasteiger partial charge in [0.1, 0.15) is 30.4 Å². The summed E-state index contributed by atoms with van der Waals surface area (Å²) in [6, 6.07) is 22.3. The van der Waals surface area contributed by atoms with Crippen LogP contribution in [-0.2, 0) is 24.4 Å². The number of carbonyl (C=O) groups is 1. The van der Waals surface area contributed by atoms with E-state index in [-0.39, 0.29) is 19.6 Å². The minimum atomic E-state index is -0.905. The molecular formula is C27H25NO6. The highest BCUT2D eigenvalue weighted by molar-refractivity contribution is 5.71. The molecule has 0 saturated carbocycles. The first-order valence-corrected chi connectivity index (χ1v) is 10.8. The van der Waals surface area contributed by atoms with Crippen molar-refractivity contribution in [3.05, 3.63) is 95.4 Å². The van der Waals surface area contributed by atoms with E-state index in [4.69, 9.17) is 23.7 Å². The highest BCUT2D eigenvalue weighted by Crippen LogP contribution is 2.30. The molecule has 174 valence electrons. The summed E-state index contributed by atoms with van der Waals surface area (Å²) in [5.41, 5.74) is 3.10. The number of carboxylic acids is 1. The Kier molecular flexibility index (Phi) is 7.13. The summed E-state index contributed by atoms with van der Waals surface area (Å²) in [5, 5.41) is 9.09. The molecule has 0 bridgehead atoms. The van der Waals surface area contributed by atoms with Gasteiger partial charge >= 0.3 is 5.97 Å². The Balaban J connectivity index is 1.42. The van der Waals surface area contributed by atoms with Gasteiger partial charge in [-0.05, 0) is 42.8 Å². The summed E-state index contributed by atoms with van der Waals surface area (Å²) >= 11 is 0. The van der Waals surface area contributed by atoms with Crippen molar-refractivity contribution in [2.45, 2.75) is 26.6 Å². The van der Waals surface area contributed by atoms with Gasteiger partial charge in [-0.2, -0.15) is 0 Å². The number of oxazole rings is 1. The predicted molar refractivity (Wildman–Crippen MR) is 126 cm³/mol. The summed E-state index contributed by atoms with van der Waals surface area (Å²) in [4.78, 5) is 15.6. The van der Waals surface area contributed by atoms with Gasteiger partial charge in [0.25, 0.3) is 0 Å². The molecule has 0 saturated heterocycles. The first-order chi connectivity index (χ1) is 16.5. The molecule has 7 heteroatoms. The molecule has 0 aliphatic carbocycles. The lowest BCUT2D eigenvalue weighted by molar-refractivity contribution is -0.136. The first-order valence-electron chi connectivity index (χ1n) is 10.8. The van der Waals surface area contributed by atoms with E-state index in [0.717, 1.165) is 11.1 Å². The molecule has 1 aromatic heterocycles. The van der Waals surface area contributed by atoms with E-state index in [1.165, 1.54) is 0 Å². The van der Waals surface area contributed by atoms with Crippen LogP contribution in [0.3, 0.4) is 0 Å². The lowest BCUT2D eigenvalue weighted by Crippen LogP contribution is -2.04. The number of rotatable bonds is 10. The largest absolute Gasteiger partial charge is 0.493 e. The smallest absolute Gasteiger partial charge is 0.307 e. The minimum Gasteiger partial charge on any atom is -0.493 e. The third-order valence-electron chi connectivity index (χ3n) is 5.21. The van der Waals surface area contributed by atoms with Crippen LogP contribution in [0.25, 0.3) is 11.5 Å². The van der Waals surface area contributed by atoms with Gasteiger partial charge in [0, 0.05) is 11.1 Å². The number of methoxy groups -OCH3 is 1. The van der Waals surface area contributed by atoms with Crippen molar-refractivity contribution in [1.82, 2.24) is 4.98 Å². The maximum Gasteiger partial charge on any atom is 0.307 e. The fourth-order valence-corrected chi connectivity index (χ4v) is 3.45. The van der Waals surface area contributed by atoms with E-state index < -0.39 is 5.97 Å². The number of aromatic nitrogens is 1. The Morgan fingerprint density at radius 1 is 0.912 bits per heavy atom. The van der Waals surface area contributed by atoms with E-state index in [1.54, 1.807) is 25.3 Å². The fraction of sp³-hybridized carbons (Fsp3) is 0.185. The van der Waals surface area contributed by atoms with Gasteiger partial charge in [0.15, 0.2) is 11.5 Å².